The van der Waals surface area contributed by atoms with Crippen molar-refractivity contribution in [1.82, 2.24) is 20.3 Å². The van der Waals surface area contributed by atoms with Crippen LogP contribution >= 0.6 is 0 Å². The molecule has 5 heteroatoms. The van der Waals surface area contributed by atoms with Crippen molar-refractivity contribution in [3.8, 4) is 0 Å². The SMILES string of the molecule is CCCNC(CC1(OC)CCC1)c1cnnn1CCC. The standard InChI is InChI=1S/C15H28N4O/c1-4-9-16-13(11-15(20-3)7-6-8-15)14-12-17-18-19(14)10-5-2/h12-13,16H,4-11H2,1-3H3. The van der Waals surface area contributed by atoms with Crippen LogP contribution in [0.4, 0.5) is 0 Å². The van der Waals surface area contributed by atoms with E-state index in [4.69, 9.17) is 4.74 Å². The molecule has 1 aromatic rings. The number of hydrogen-bond acceptors (Lipinski definition) is 4. The Bertz CT molecular complexity index is 395. The van der Waals surface area contributed by atoms with Crippen molar-refractivity contribution < 1.29 is 4.74 Å². The Morgan fingerprint density at radius 1 is 1.40 bits per heavy atom. The molecule has 1 heterocycles. The van der Waals surface area contributed by atoms with Gasteiger partial charge in [0.05, 0.1) is 23.5 Å². The van der Waals surface area contributed by atoms with E-state index in [2.05, 4.69) is 29.5 Å². The van der Waals surface area contributed by atoms with Crippen LogP contribution in [0.1, 0.15) is 64.1 Å². The molecule has 1 fully saturated rings. The van der Waals surface area contributed by atoms with Gasteiger partial charge >= 0.3 is 0 Å². The fourth-order valence-corrected chi connectivity index (χ4v) is 2.96. The molecule has 1 aliphatic carbocycles. The predicted octanol–water partition coefficient (Wildman–Crippen LogP) is 2.69. The molecule has 0 amide bonds. The van der Waals surface area contributed by atoms with E-state index in [-0.39, 0.29) is 11.6 Å². The molecular weight excluding hydrogens is 252 g/mol. The highest BCUT2D eigenvalue weighted by molar-refractivity contribution is 5.06. The van der Waals surface area contributed by atoms with Crippen molar-refractivity contribution in [3.05, 3.63) is 11.9 Å². The van der Waals surface area contributed by atoms with Gasteiger partial charge in [-0.3, -0.25) is 0 Å². The van der Waals surface area contributed by atoms with Gasteiger partial charge in [0.1, 0.15) is 0 Å². The predicted molar refractivity (Wildman–Crippen MR) is 79.6 cm³/mol. The number of nitrogens with one attached hydrogen (secondary N) is 1. The van der Waals surface area contributed by atoms with Crippen molar-refractivity contribution in [1.29, 1.82) is 0 Å². The van der Waals surface area contributed by atoms with Crippen molar-refractivity contribution in [2.45, 2.75) is 70.6 Å². The second-order valence-corrected chi connectivity index (χ2v) is 5.83. The fraction of sp³-hybridized carbons (Fsp3) is 0.867. The average Bonchev–Trinajstić information content (AvgIpc) is 2.86. The van der Waals surface area contributed by atoms with Crippen LogP contribution in [-0.2, 0) is 11.3 Å². The summed E-state index contributed by atoms with van der Waals surface area (Å²) < 4.78 is 7.83. The van der Waals surface area contributed by atoms with E-state index in [1.807, 2.05) is 18.0 Å². The summed E-state index contributed by atoms with van der Waals surface area (Å²) in [4.78, 5) is 0. The average molecular weight is 280 g/mol. The number of hydrogen-bond donors (Lipinski definition) is 1. The molecule has 0 aliphatic heterocycles. The van der Waals surface area contributed by atoms with Gasteiger partial charge in [-0.15, -0.1) is 5.10 Å². The molecular formula is C15H28N4O. The highest BCUT2D eigenvalue weighted by Crippen LogP contribution is 2.41. The normalized spacial score (nSPS) is 18.8. The zero-order valence-corrected chi connectivity index (χ0v) is 13.1. The second kappa shape index (κ2) is 7.18. The molecule has 1 aliphatic rings. The molecule has 0 spiro atoms. The molecule has 1 saturated carbocycles. The van der Waals surface area contributed by atoms with Crippen molar-refractivity contribution in [3.63, 3.8) is 0 Å². The van der Waals surface area contributed by atoms with E-state index in [1.165, 1.54) is 25.0 Å². The number of aromatic nitrogens is 3. The largest absolute Gasteiger partial charge is 0.378 e. The lowest BCUT2D eigenvalue weighted by atomic mass is 9.75. The Morgan fingerprint density at radius 2 is 2.20 bits per heavy atom. The van der Waals surface area contributed by atoms with Crippen LogP contribution in [0, 0.1) is 0 Å². The summed E-state index contributed by atoms with van der Waals surface area (Å²) in [5, 5.41) is 12.0. The summed E-state index contributed by atoms with van der Waals surface area (Å²) in [5.74, 6) is 0. The first-order valence-electron chi connectivity index (χ1n) is 7.91. The summed E-state index contributed by atoms with van der Waals surface area (Å²) in [7, 11) is 1.84. The van der Waals surface area contributed by atoms with E-state index in [0.717, 1.165) is 32.4 Å². The number of aryl methyl sites for hydroxylation is 1. The Labute approximate surface area is 122 Å². The maximum absolute atomic E-state index is 5.79. The summed E-state index contributed by atoms with van der Waals surface area (Å²) in [6.45, 7) is 6.31. The lowest BCUT2D eigenvalue weighted by Gasteiger charge is -2.43. The highest BCUT2D eigenvalue weighted by Gasteiger charge is 2.40. The van der Waals surface area contributed by atoms with Gasteiger partial charge in [0, 0.05) is 13.7 Å². The van der Waals surface area contributed by atoms with Gasteiger partial charge in [0.15, 0.2) is 0 Å². The van der Waals surface area contributed by atoms with E-state index < -0.39 is 0 Å². The quantitative estimate of drug-likeness (QED) is 0.755. The van der Waals surface area contributed by atoms with Gasteiger partial charge in [-0.25, -0.2) is 4.68 Å². The van der Waals surface area contributed by atoms with Gasteiger partial charge < -0.3 is 10.1 Å². The van der Waals surface area contributed by atoms with Crippen LogP contribution in [0.5, 0.6) is 0 Å². The topological polar surface area (TPSA) is 52.0 Å². The molecule has 5 nitrogen and oxygen atoms in total. The molecule has 0 aromatic carbocycles. The lowest BCUT2D eigenvalue weighted by molar-refractivity contribution is -0.0842. The monoisotopic (exact) mass is 280 g/mol. The lowest BCUT2D eigenvalue weighted by Crippen LogP contribution is -2.43. The van der Waals surface area contributed by atoms with Crippen LogP contribution in [-0.4, -0.2) is 34.2 Å². The molecule has 2 rings (SSSR count). The summed E-state index contributed by atoms with van der Waals surface area (Å²) >= 11 is 0. The zero-order chi connectivity index (χ0) is 14.4. The van der Waals surface area contributed by atoms with Crippen LogP contribution in [0.25, 0.3) is 0 Å². The number of rotatable bonds is 9. The molecule has 20 heavy (non-hydrogen) atoms. The fourth-order valence-electron chi connectivity index (χ4n) is 2.96. The second-order valence-electron chi connectivity index (χ2n) is 5.83. The first kappa shape index (κ1) is 15.4. The highest BCUT2D eigenvalue weighted by atomic mass is 16.5. The molecule has 0 radical (unpaired) electrons. The minimum absolute atomic E-state index is 0.0622. The molecule has 1 aromatic heterocycles. The van der Waals surface area contributed by atoms with E-state index in [0.29, 0.717) is 0 Å². The maximum Gasteiger partial charge on any atom is 0.0757 e. The Morgan fingerprint density at radius 3 is 2.75 bits per heavy atom. The summed E-state index contributed by atoms with van der Waals surface area (Å²) in [6.07, 6.45) is 8.75. The maximum atomic E-state index is 5.79. The third-order valence-electron chi connectivity index (χ3n) is 4.35. The first-order valence-corrected chi connectivity index (χ1v) is 7.91. The molecule has 1 unspecified atom stereocenters. The number of ether oxygens (including phenoxy) is 1. The minimum atomic E-state index is 0.0622. The third-order valence-corrected chi connectivity index (χ3v) is 4.35. The van der Waals surface area contributed by atoms with Crippen molar-refractivity contribution in [2.75, 3.05) is 13.7 Å². The number of nitrogens with zero attached hydrogens (tertiary/aromatic N) is 3. The van der Waals surface area contributed by atoms with Crippen molar-refractivity contribution >= 4 is 0 Å². The Balaban J connectivity index is 2.11. The molecule has 114 valence electrons. The smallest absolute Gasteiger partial charge is 0.0757 e. The van der Waals surface area contributed by atoms with Crippen LogP contribution < -0.4 is 5.32 Å². The van der Waals surface area contributed by atoms with Gasteiger partial charge in [-0.05, 0) is 45.1 Å². The van der Waals surface area contributed by atoms with Crippen LogP contribution in [0.15, 0.2) is 6.20 Å². The molecule has 0 bridgehead atoms. The third kappa shape index (κ3) is 3.38. The Kier molecular flexibility index (Phi) is 5.54. The Hall–Kier alpha value is -0.940. The molecule has 1 atom stereocenters. The van der Waals surface area contributed by atoms with Gasteiger partial charge in [0.25, 0.3) is 0 Å². The van der Waals surface area contributed by atoms with E-state index in [1.54, 1.807) is 0 Å². The van der Waals surface area contributed by atoms with E-state index in [9.17, 15) is 0 Å². The van der Waals surface area contributed by atoms with Gasteiger partial charge in [-0.2, -0.15) is 0 Å². The molecule has 1 N–H and O–H groups in total. The summed E-state index contributed by atoms with van der Waals surface area (Å²) in [6, 6.07) is 0.289. The number of methoxy groups -OCH3 is 1. The van der Waals surface area contributed by atoms with Crippen LogP contribution in [0.3, 0.4) is 0 Å². The van der Waals surface area contributed by atoms with Gasteiger partial charge in [0.2, 0.25) is 0 Å². The molecule has 0 saturated heterocycles. The van der Waals surface area contributed by atoms with Gasteiger partial charge in [-0.1, -0.05) is 19.1 Å². The summed E-state index contributed by atoms with van der Waals surface area (Å²) in [5.41, 5.74) is 1.26. The zero-order valence-electron chi connectivity index (χ0n) is 13.1. The van der Waals surface area contributed by atoms with E-state index >= 15 is 0 Å². The minimum Gasteiger partial charge on any atom is -0.378 e. The van der Waals surface area contributed by atoms with Crippen LogP contribution in [0.2, 0.25) is 0 Å². The first-order chi connectivity index (χ1) is 9.74. The van der Waals surface area contributed by atoms with Crippen molar-refractivity contribution in [2.24, 2.45) is 0 Å².